The second kappa shape index (κ2) is 10.1. The first kappa shape index (κ1) is 17.6. The number of ether oxygens (including phenoxy) is 2. The molecule has 0 unspecified atom stereocenters. The largest absolute Gasteiger partial charge is 0.491 e. The molecule has 0 radical (unpaired) electrons. The lowest BCUT2D eigenvalue weighted by Crippen LogP contribution is -1.96. The quantitative estimate of drug-likeness (QED) is 0.392. The van der Waals surface area contributed by atoms with Crippen molar-refractivity contribution in [1.82, 2.24) is 0 Å². The van der Waals surface area contributed by atoms with Crippen LogP contribution in [0, 0.1) is 0 Å². The summed E-state index contributed by atoms with van der Waals surface area (Å²) < 4.78 is 14.4. The highest BCUT2D eigenvalue weighted by atomic mass is 32.1. The Balaban J connectivity index is 1.80. The zero-order valence-corrected chi connectivity index (χ0v) is 15.5. The van der Waals surface area contributed by atoms with Crippen molar-refractivity contribution in [1.29, 1.82) is 0 Å². The molecule has 4 heteroatoms. The molecule has 0 bridgehead atoms. The van der Waals surface area contributed by atoms with Crippen LogP contribution in [0.5, 0.6) is 11.5 Å². The van der Waals surface area contributed by atoms with Gasteiger partial charge in [0.1, 0.15) is 11.5 Å². The molecule has 2 nitrogen and oxygen atoms in total. The summed E-state index contributed by atoms with van der Waals surface area (Å²) in [5.74, 6) is 2.09. The zero-order valence-electron chi connectivity index (χ0n) is 13.9. The minimum Gasteiger partial charge on any atom is -0.491 e. The minimum absolute atomic E-state index is 0.830. The Morgan fingerprint density at radius 1 is 0.682 bits per heavy atom. The Hall–Kier alpha value is -0.740. The van der Waals surface area contributed by atoms with Crippen LogP contribution in [0.3, 0.4) is 0 Å². The molecule has 2 rings (SSSR count). The summed E-state index contributed by atoms with van der Waals surface area (Å²) in [4.78, 5) is 0. The Labute approximate surface area is 142 Å². The van der Waals surface area contributed by atoms with E-state index in [1.54, 1.807) is 22.7 Å². The lowest BCUT2D eigenvalue weighted by molar-refractivity contribution is 0.308. The zero-order chi connectivity index (χ0) is 15.6. The van der Waals surface area contributed by atoms with Crippen LogP contribution >= 0.6 is 22.7 Å². The third-order valence-electron chi connectivity index (χ3n) is 3.73. The van der Waals surface area contributed by atoms with Gasteiger partial charge in [-0.1, -0.05) is 52.4 Å². The smallest absolute Gasteiger partial charge is 0.147 e. The molecule has 124 valence electrons. The summed E-state index contributed by atoms with van der Waals surface area (Å²) in [6.07, 6.45) is 9.98. The van der Waals surface area contributed by atoms with Crippen LogP contribution in [0.2, 0.25) is 0 Å². The molecule has 0 saturated heterocycles. The van der Waals surface area contributed by atoms with Gasteiger partial charge in [0, 0.05) is 10.8 Å². The summed E-state index contributed by atoms with van der Waals surface area (Å²) >= 11 is 3.49. The van der Waals surface area contributed by atoms with Crippen LogP contribution in [0.15, 0.2) is 10.8 Å². The summed E-state index contributed by atoms with van der Waals surface area (Å²) in [7, 11) is 0. The molecule has 0 aliphatic carbocycles. The van der Waals surface area contributed by atoms with Gasteiger partial charge in [-0.2, -0.15) is 0 Å². The normalized spacial score (nSPS) is 11.2. The summed E-state index contributed by atoms with van der Waals surface area (Å²) in [6.45, 7) is 6.13. The molecular weight excluding hydrogens is 312 g/mol. The van der Waals surface area contributed by atoms with Crippen LogP contribution in [-0.4, -0.2) is 13.2 Å². The van der Waals surface area contributed by atoms with E-state index >= 15 is 0 Å². The van der Waals surface area contributed by atoms with Gasteiger partial charge < -0.3 is 9.47 Å². The van der Waals surface area contributed by atoms with Crippen LogP contribution in [0.4, 0.5) is 0 Å². The van der Waals surface area contributed by atoms with Crippen molar-refractivity contribution in [3.05, 3.63) is 10.8 Å². The molecule has 2 heterocycles. The van der Waals surface area contributed by atoms with Crippen molar-refractivity contribution >= 4 is 32.1 Å². The molecule has 0 aliphatic heterocycles. The van der Waals surface area contributed by atoms with Gasteiger partial charge >= 0.3 is 0 Å². The van der Waals surface area contributed by atoms with Crippen LogP contribution in [0.1, 0.15) is 65.2 Å². The fraction of sp³-hybridized carbons (Fsp3) is 0.667. The molecule has 0 aromatic carbocycles. The first-order chi connectivity index (χ1) is 10.9. The fourth-order valence-corrected chi connectivity index (χ4v) is 4.54. The topological polar surface area (TPSA) is 18.5 Å². The highest BCUT2D eigenvalue weighted by Crippen LogP contribution is 2.43. The second-order valence-corrected chi connectivity index (χ2v) is 7.44. The van der Waals surface area contributed by atoms with Gasteiger partial charge in [0.15, 0.2) is 0 Å². The van der Waals surface area contributed by atoms with E-state index in [9.17, 15) is 0 Å². The van der Waals surface area contributed by atoms with E-state index in [2.05, 4.69) is 24.6 Å². The lowest BCUT2D eigenvalue weighted by Gasteiger charge is -2.03. The van der Waals surface area contributed by atoms with Crippen LogP contribution in [0.25, 0.3) is 9.40 Å². The van der Waals surface area contributed by atoms with Crippen LogP contribution in [-0.2, 0) is 0 Å². The molecule has 0 spiro atoms. The molecule has 0 saturated carbocycles. The molecule has 0 aliphatic rings. The van der Waals surface area contributed by atoms with E-state index in [0.717, 1.165) is 37.6 Å². The average Bonchev–Trinajstić information content (AvgIpc) is 3.10. The Kier molecular flexibility index (Phi) is 8.10. The molecule has 0 fully saturated rings. The Morgan fingerprint density at radius 3 is 1.55 bits per heavy atom. The lowest BCUT2D eigenvalue weighted by atomic mass is 10.2. The fourth-order valence-electron chi connectivity index (χ4n) is 2.40. The maximum Gasteiger partial charge on any atom is 0.147 e. The van der Waals surface area contributed by atoms with Crippen molar-refractivity contribution < 1.29 is 9.47 Å². The van der Waals surface area contributed by atoms with Gasteiger partial charge in [-0.3, -0.25) is 0 Å². The average molecular weight is 341 g/mol. The van der Waals surface area contributed by atoms with Gasteiger partial charge in [0.2, 0.25) is 0 Å². The standard InChI is InChI=1S/C18H28O2S2/c1-3-5-7-9-11-19-15-13-21-18-16(14-22-17(15)18)20-12-10-8-6-4-2/h13-14H,3-12H2,1-2H3. The highest BCUT2D eigenvalue weighted by molar-refractivity contribution is 7.27. The summed E-state index contributed by atoms with van der Waals surface area (Å²) in [5.41, 5.74) is 0. The molecule has 0 N–H and O–H groups in total. The third kappa shape index (κ3) is 5.17. The molecule has 0 atom stereocenters. The van der Waals surface area contributed by atoms with Crippen LogP contribution < -0.4 is 9.47 Å². The maximum absolute atomic E-state index is 5.94. The highest BCUT2D eigenvalue weighted by Gasteiger charge is 2.12. The van der Waals surface area contributed by atoms with E-state index in [-0.39, 0.29) is 0 Å². The Bertz CT molecular complexity index is 482. The van der Waals surface area contributed by atoms with E-state index in [1.165, 1.54) is 47.9 Å². The second-order valence-electron chi connectivity index (χ2n) is 5.68. The minimum atomic E-state index is 0.830. The van der Waals surface area contributed by atoms with E-state index in [0.29, 0.717) is 0 Å². The van der Waals surface area contributed by atoms with Gasteiger partial charge in [0.25, 0.3) is 0 Å². The monoisotopic (exact) mass is 340 g/mol. The molecular formula is C18H28O2S2. The van der Waals surface area contributed by atoms with Gasteiger partial charge in [-0.25, -0.2) is 0 Å². The number of fused-ring (bicyclic) bond motifs is 1. The van der Waals surface area contributed by atoms with E-state index in [4.69, 9.17) is 9.47 Å². The predicted molar refractivity (Wildman–Crippen MR) is 99.0 cm³/mol. The first-order valence-electron chi connectivity index (χ1n) is 8.61. The number of hydrogen-bond donors (Lipinski definition) is 0. The predicted octanol–water partition coefficient (Wildman–Crippen LogP) is 6.88. The first-order valence-corrected chi connectivity index (χ1v) is 10.4. The number of hydrogen-bond acceptors (Lipinski definition) is 4. The molecule has 2 aromatic rings. The van der Waals surface area contributed by atoms with Crippen molar-refractivity contribution in [3.63, 3.8) is 0 Å². The van der Waals surface area contributed by atoms with Crippen molar-refractivity contribution in [2.45, 2.75) is 65.2 Å². The van der Waals surface area contributed by atoms with Gasteiger partial charge in [0.05, 0.1) is 22.6 Å². The molecule has 2 aromatic heterocycles. The molecule has 22 heavy (non-hydrogen) atoms. The number of rotatable bonds is 12. The van der Waals surface area contributed by atoms with Crippen molar-refractivity contribution in [2.24, 2.45) is 0 Å². The van der Waals surface area contributed by atoms with Gasteiger partial charge in [-0.15, -0.1) is 22.7 Å². The number of unbranched alkanes of at least 4 members (excludes halogenated alkanes) is 6. The van der Waals surface area contributed by atoms with Crippen molar-refractivity contribution in [2.75, 3.05) is 13.2 Å². The summed E-state index contributed by atoms with van der Waals surface area (Å²) in [5, 5.41) is 4.26. The van der Waals surface area contributed by atoms with Crippen molar-refractivity contribution in [3.8, 4) is 11.5 Å². The third-order valence-corrected chi connectivity index (χ3v) is 5.81. The summed E-state index contributed by atoms with van der Waals surface area (Å²) in [6, 6.07) is 0. The number of thiophene rings is 2. The van der Waals surface area contributed by atoms with Gasteiger partial charge in [-0.05, 0) is 12.8 Å². The Morgan fingerprint density at radius 2 is 1.14 bits per heavy atom. The SMILES string of the molecule is CCCCCCOc1csc2c(OCCCCCC)csc12. The maximum atomic E-state index is 5.94. The van der Waals surface area contributed by atoms with E-state index < -0.39 is 0 Å². The van der Waals surface area contributed by atoms with E-state index in [1.807, 2.05) is 0 Å². The molecule has 0 amide bonds.